The van der Waals surface area contributed by atoms with Crippen molar-refractivity contribution in [2.24, 2.45) is 0 Å². The molecule has 2 heterocycles. The molecule has 6 nitrogen and oxygen atoms in total. The van der Waals surface area contributed by atoms with Crippen LogP contribution in [0.1, 0.15) is 42.5 Å². The van der Waals surface area contributed by atoms with E-state index >= 15 is 0 Å². The van der Waals surface area contributed by atoms with Crippen molar-refractivity contribution in [3.63, 3.8) is 0 Å². The number of oxazole rings is 1. The monoisotopic (exact) mass is 341 g/mol. The Balaban J connectivity index is 1.44. The smallest absolute Gasteiger partial charge is 0.251 e. The highest BCUT2D eigenvalue weighted by Gasteiger charge is 2.15. The molecule has 1 aromatic carbocycles. The van der Waals surface area contributed by atoms with Gasteiger partial charge in [-0.3, -0.25) is 9.59 Å². The number of nitrogens with one attached hydrogen (secondary N) is 1. The number of aromatic nitrogens is 1. The summed E-state index contributed by atoms with van der Waals surface area (Å²) >= 11 is 0. The first-order valence-corrected chi connectivity index (χ1v) is 8.79. The quantitative estimate of drug-likeness (QED) is 0.820. The maximum absolute atomic E-state index is 12.2. The van der Waals surface area contributed by atoms with Crippen LogP contribution in [0.4, 0.5) is 0 Å². The van der Waals surface area contributed by atoms with E-state index < -0.39 is 0 Å². The van der Waals surface area contributed by atoms with Gasteiger partial charge in [0.1, 0.15) is 0 Å². The number of nitrogens with zero attached hydrogens (tertiary/aromatic N) is 2. The van der Waals surface area contributed by atoms with Gasteiger partial charge in [0.2, 0.25) is 5.91 Å². The van der Waals surface area contributed by atoms with Crippen molar-refractivity contribution in [2.75, 3.05) is 19.6 Å². The lowest BCUT2D eigenvalue weighted by Crippen LogP contribution is -2.34. The SMILES string of the molecule is O=C(NCCCN1CCCCCC1=O)c1ccc(-c2cnco2)cc1. The summed E-state index contributed by atoms with van der Waals surface area (Å²) in [5, 5.41) is 2.91. The van der Waals surface area contributed by atoms with Gasteiger partial charge in [0, 0.05) is 37.2 Å². The Labute approximate surface area is 147 Å². The van der Waals surface area contributed by atoms with Crippen molar-refractivity contribution >= 4 is 11.8 Å². The average Bonchev–Trinajstić information content (AvgIpc) is 3.10. The van der Waals surface area contributed by atoms with Gasteiger partial charge in [-0.05, 0) is 31.4 Å². The number of benzene rings is 1. The lowest BCUT2D eigenvalue weighted by Gasteiger charge is -2.20. The van der Waals surface area contributed by atoms with Gasteiger partial charge in [-0.1, -0.05) is 18.6 Å². The topological polar surface area (TPSA) is 75.4 Å². The van der Waals surface area contributed by atoms with Gasteiger partial charge in [0.15, 0.2) is 12.2 Å². The molecule has 3 rings (SSSR count). The molecule has 1 saturated heterocycles. The second kappa shape index (κ2) is 8.46. The van der Waals surface area contributed by atoms with Crippen molar-refractivity contribution in [1.29, 1.82) is 0 Å². The third-order valence-electron chi connectivity index (χ3n) is 4.43. The highest BCUT2D eigenvalue weighted by Crippen LogP contribution is 2.18. The highest BCUT2D eigenvalue weighted by molar-refractivity contribution is 5.94. The fourth-order valence-electron chi connectivity index (χ4n) is 2.99. The number of carbonyl (C=O) groups excluding carboxylic acids is 2. The Bertz CT molecular complexity index is 695. The molecule has 132 valence electrons. The standard InChI is InChI=1S/C19H23N3O3/c23-18-5-2-1-3-11-22(18)12-4-10-21-19(24)16-8-6-15(7-9-16)17-13-20-14-25-17/h6-9,13-14H,1-5,10-12H2,(H,21,24). The maximum Gasteiger partial charge on any atom is 0.251 e. The summed E-state index contributed by atoms with van der Waals surface area (Å²) in [5.41, 5.74) is 1.49. The minimum Gasteiger partial charge on any atom is -0.444 e. The molecule has 1 aliphatic heterocycles. The molecule has 2 amide bonds. The van der Waals surface area contributed by atoms with Crippen LogP contribution in [0.3, 0.4) is 0 Å². The predicted octanol–water partition coefficient (Wildman–Crippen LogP) is 2.86. The normalized spacial score (nSPS) is 15.0. The second-order valence-corrected chi connectivity index (χ2v) is 6.24. The summed E-state index contributed by atoms with van der Waals surface area (Å²) in [6.07, 6.45) is 7.65. The van der Waals surface area contributed by atoms with Crippen molar-refractivity contribution in [3.8, 4) is 11.3 Å². The number of rotatable bonds is 6. The summed E-state index contributed by atoms with van der Waals surface area (Å²) in [6, 6.07) is 7.22. The first kappa shape index (κ1) is 17.2. The third-order valence-corrected chi connectivity index (χ3v) is 4.43. The number of amides is 2. The molecule has 0 radical (unpaired) electrons. The Morgan fingerprint density at radius 3 is 2.80 bits per heavy atom. The summed E-state index contributed by atoms with van der Waals surface area (Å²) in [4.78, 5) is 29.9. The molecule has 0 spiro atoms. The van der Waals surface area contributed by atoms with E-state index in [2.05, 4.69) is 10.3 Å². The van der Waals surface area contributed by atoms with Gasteiger partial charge < -0.3 is 14.6 Å². The molecular formula is C19H23N3O3. The zero-order valence-electron chi connectivity index (χ0n) is 14.2. The maximum atomic E-state index is 12.2. The molecule has 2 aromatic rings. The Kier molecular flexibility index (Phi) is 5.82. The molecule has 1 aliphatic rings. The summed E-state index contributed by atoms with van der Waals surface area (Å²) in [5.74, 6) is 0.812. The summed E-state index contributed by atoms with van der Waals surface area (Å²) in [7, 11) is 0. The van der Waals surface area contributed by atoms with Crippen molar-refractivity contribution in [3.05, 3.63) is 42.4 Å². The lowest BCUT2D eigenvalue weighted by atomic mass is 10.1. The van der Waals surface area contributed by atoms with Crippen LogP contribution in [0.5, 0.6) is 0 Å². The molecule has 0 aliphatic carbocycles. The molecule has 0 saturated carbocycles. The van der Waals surface area contributed by atoms with Crippen LogP contribution >= 0.6 is 0 Å². The molecule has 1 aromatic heterocycles. The minimum absolute atomic E-state index is 0.105. The van der Waals surface area contributed by atoms with E-state index in [0.717, 1.165) is 37.8 Å². The van der Waals surface area contributed by atoms with E-state index in [1.807, 2.05) is 17.0 Å². The number of likely N-dealkylation sites (tertiary alicyclic amines) is 1. The van der Waals surface area contributed by atoms with E-state index in [-0.39, 0.29) is 11.8 Å². The predicted molar refractivity (Wildman–Crippen MR) is 93.9 cm³/mol. The summed E-state index contributed by atoms with van der Waals surface area (Å²) < 4.78 is 5.23. The first-order chi connectivity index (χ1) is 12.2. The van der Waals surface area contributed by atoms with Gasteiger partial charge in [-0.25, -0.2) is 4.98 Å². The molecule has 1 fully saturated rings. The van der Waals surface area contributed by atoms with Gasteiger partial charge >= 0.3 is 0 Å². The second-order valence-electron chi connectivity index (χ2n) is 6.24. The third kappa shape index (κ3) is 4.68. The largest absolute Gasteiger partial charge is 0.444 e. The zero-order chi connectivity index (χ0) is 17.5. The molecular weight excluding hydrogens is 318 g/mol. The average molecular weight is 341 g/mol. The van der Waals surface area contributed by atoms with Crippen molar-refractivity contribution in [1.82, 2.24) is 15.2 Å². The van der Waals surface area contributed by atoms with Gasteiger partial charge in [-0.2, -0.15) is 0 Å². The highest BCUT2D eigenvalue weighted by atomic mass is 16.3. The van der Waals surface area contributed by atoms with E-state index in [1.54, 1.807) is 18.3 Å². The van der Waals surface area contributed by atoms with Crippen LogP contribution in [0.2, 0.25) is 0 Å². The fraction of sp³-hybridized carbons (Fsp3) is 0.421. The molecule has 0 atom stereocenters. The van der Waals surface area contributed by atoms with E-state index in [4.69, 9.17) is 4.42 Å². The number of hydrogen-bond donors (Lipinski definition) is 1. The van der Waals surface area contributed by atoms with Crippen molar-refractivity contribution < 1.29 is 14.0 Å². The molecule has 1 N–H and O–H groups in total. The fourth-order valence-corrected chi connectivity index (χ4v) is 2.99. The summed E-state index contributed by atoms with van der Waals surface area (Å²) in [6.45, 7) is 2.12. The first-order valence-electron chi connectivity index (χ1n) is 8.79. The molecule has 0 unspecified atom stereocenters. The number of hydrogen-bond acceptors (Lipinski definition) is 4. The molecule has 0 bridgehead atoms. The van der Waals surface area contributed by atoms with E-state index in [1.165, 1.54) is 6.39 Å². The van der Waals surface area contributed by atoms with Crippen molar-refractivity contribution in [2.45, 2.75) is 32.1 Å². The van der Waals surface area contributed by atoms with Gasteiger partial charge in [0.05, 0.1) is 6.20 Å². The lowest BCUT2D eigenvalue weighted by molar-refractivity contribution is -0.130. The number of carbonyl (C=O) groups is 2. The molecule has 25 heavy (non-hydrogen) atoms. The van der Waals surface area contributed by atoms with Crippen LogP contribution in [0.25, 0.3) is 11.3 Å². The Hall–Kier alpha value is -2.63. The van der Waals surface area contributed by atoms with Gasteiger partial charge in [0.25, 0.3) is 5.91 Å². The van der Waals surface area contributed by atoms with E-state index in [9.17, 15) is 9.59 Å². The van der Waals surface area contributed by atoms with Crippen LogP contribution in [-0.2, 0) is 4.79 Å². The Morgan fingerprint density at radius 1 is 1.20 bits per heavy atom. The minimum atomic E-state index is -0.105. The Morgan fingerprint density at radius 2 is 2.04 bits per heavy atom. The van der Waals surface area contributed by atoms with Crippen LogP contribution in [-0.4, -0.2) is 41.3 Å². The van der Waals surface area contributed by atoms with Crippen LogP contribution < -0.4 is 5.32 Å². The van der Waals surface area contributed by atoms with Crippen LogP contribution in [0, 0.1) is 0 Å². The molecule has 6 heteroatoms. The zero-order valence-corrected chi connectivity index (χ0v) is 14.2. The van der Waals surface area contributed by atoms with Crippen LogP contribution in [0.15, 0.2) is 41.3 Å². The van der Waals surface area contributed by atoms with Gasteiger partial charge in [-0.15, -0.1) is 0 Å². The van der Waals surface area contributed by atoms with E-state index in [0.29, 0.717) is 30.8 Å².